The number of carbonyl (C=O) groups excluding carboxylic acids is 2. The fraction of sp³-hybridized carbons (Fsp3) is 0.333. The van der Waals surface area contributed by atoms with Gasteiger partial charge >= 0.3 is 6.09 Å². The Kier molecular flexibility index (Phi) is 6.11. The number of rotatable bonds is 6. The third-order valence-corrected chi connectivity index (χ3v) is 2.64. The summed E-state index contributed by atoms with van der Waals surface area (Å²) in [5.74, 6) is -0.641. The van der Waals surface area contributed by atoms with Crippen LogP contribution in [0.4, 0.5) is 4.79 Å². The van der Waals surface area contributed by atoms with Crippen LogP contribution in [0.5, 0.6) is 0 Å². The summed E-state index contributed by atoms with van der Waals surface area (Å²) < 4.78 is 4.84. The van der Waals surface area contributed by atoms with Crippen molar-refractivity contribution in [3.63, 3.8) is 0 Å². The lowest BCUT2D eigenvalue weighted by Gasteiger charge is -2.13. The number of ether oxygens (including phenoxy) is 1. The third-order valence-electron chi connectivity index (χ3n) is 2.28. The van der Waals surface area contributed by atoms with E-state index in [2.05, 4.69) is 5.32 Å². The summed E-state index contributed by atoms with van der Waals surface area (Å²) in [5.41, 5.74) is 11.6. The van der Waals surface area contributed by atoms with Crippen LogP contribution >= 0.6 is 11.6 Å². The Balaban J connectivity index is 2.32. The number of primary amides is 1. The highest BCUT2D eigenvalue weighted by Gasteiger charge is 2.10. The van der Waals surface area contributed by atoms with Crippen LogP contribution in [0.3, 0.4) is 0 Å². The van der Waals surface area contributed by atoms with Crippen molar-refractivity contribution in [1.82, 2.24) is 5.32 Å². The van der Waals surface area contributed by atoms with Crippen LogP contribution in [0.1, 0.15) is 5.56 Å². The van der Waals surface area contributed by atoms with Gasteiger partial charge in [0, 0.05) is 11.1 Å². The van der Waals surface area contributed by atoms with Crippen molar-refractivity contribution in [3.8, 4) is 0 Å². The first-order valence-electron chi connectivity index (χ1n) is 5.67. The van der Waals surface area contributed by atoms with Gasteiger partial charge in [0.25, 0.3) is 0 Å². The molecule has 1 rings (SSSR count). The third kappa shape index (κ3) is 6.08. The molecule has 0 spiro atoms. The largest absolute Gasteiger partial charge is 0.448 e. The zero-order valence-electron chi connectivity index (χ0n) is 10.3. The van der Waals surface area contributed by atoms with Gasteiger partial charge in [0.1, 0.15) is 6.61 Å². The van der Waals surface area contributed by atoms with E-state index >= 15 is 0 Å². The molecule has 7 heteroatoms. The Labute approximate surface area is 116 Å². The predicted molar refractivity (Wildman–Crippen MR) is 71.7 cm³/mol. The van der Waals surface area contributed by atoms with Gasteiger partial charge in [-0.3, -0.25) is 4.79 Å². The van der Waals surface area contributed by atoms with Crippen molar-refractivity contribution in [2.45, 2.75) is 12.5 Å². The Morgan fingerprint density at radius 1 is 1.37 bits per heavy atom. The van der Waals surface area contributed by atoms with Gasteiger partial charge in [0.2, 0.25) is 5.91 Å². The van der Waals surface area contributed by atoms with Crippen LogP contribution in [0.25, 0.3) is 0 Å². The molecule has 0 radical (unpaired) electrons. The molecule has 0 aromatic heterocycles. The molecule has 0 saturated carbocycles. The first-order chi connectivity index (χ1) is 8.99. The molecule has 1 aromatic rings. The lowest BCUT2D eigenvalue weighted by molar-refractivity contribution is -0.117. The molecule has 0 aliphatic heterocycles. The number of nitrogens with one attached hydrogen (secondary N) is 1. The highest BCUT2D eigenvalue weighted by atomic mass is 35.5. The normalized spacial score (nSPS) is 11.7. The molecule has 1 atom stereocenters. The Morgan fingerprint density at radius 2 is 2.05 bits per heavy atom. The lowest BCUT2D eigenvalue weighted by Crippen LogP contribution is -2.37. The van der Waals surface area contributed by atoms with E-state index in [0.717, 1.165) is 5.56 Å². The van der Waals surface area contributed by atoms with Crippen molar-refractivity contribution in [1.29, 1.82) is 0 Å². The highest BCUT2D eigenvalue weighted by Crippen LogP contribution is 2.16. The Bertz CT molecular complexity index is 454. The molecule has 104 valence electrons. The van der Waals surface area contributed by atoms with E-state index in [-0.39, 0.29) is 19.2 Å². The lowest BCUT2D eigenvalue weighted by atomic mass is 10.1. The maximum Gasteiger partial charge on any atom is 0.407 e. The number of hydrogen-bond donors (Lipinski definition) is 3. The van der Waals surface area contributed by atoms with E-state index in [1.165, 1.54) is 0 Å². The average Bonchev–Trinajstić information content (AvgIpc) is 2.36. The smallest absolute Gasteiger partial charge is 0.407 e. The van der Waals surface area contributed by atoms with Crippen LogP contribution < -0.4 is 16.8 Å². The summed E-state index contributed by atoms with van der Waals surface area (Å²) in [5, 5.41) is 2.82. The zero-order valence-corrected chi connectivity index (χ0v) is 11.0. The van der Waals surface area contributed by atoms with Gasteiger partial charge in [-0.1, -0.05) is 29.8 Å². The van der Waals surface area contributed by atoms with Crippen molar-refractivity contribution in [2.24, 2.45) is 11.5 Å². The molecule has 5 N–H and O–H groups in total. The van der Waals surface area contributed by atoms with Gasteiger partial charge in [-0.25, -0.2) is 4.79 Å². The molecule has 1 unspecified atom stereocenters. The van der Waals surface area contributed by atoms with Gasteiger partial charge in [0.15, 0.2) is 0 Å². The molecule has 0 fully saturated rings. The minimum Gasteiger partial charge on any atom is -0.448 e. The molecule has 0 aliphatic carbocycles. The van der Waals surface area contributed by atoms with Crippen LogP contribution in [-0.4, -0.2) is 31.2 Å². The standard InChI is InChI=1S/C12H16ClN3O3/c13-10-4-2-1-3-8(10)5-9(14)7-19-12(18)16-6-11(15)17/h1-4,9H,5-7,14H2,(H2,15,17)(H,16,18). The number of carbonyl (C=O) groups is 2. The molecule has 0 bridgehead atoms. The molecule has 2 amide bonds. The van der Waals surface area contributed by atoms with Crippen molar-refractivity contribution in [2.75, 3.05) is 13.2 Å². The Hall–Kier alpha value is -1.79. The second-order valence-corrected chi connectivity index (χ2v) is 4.38. The van der Waals surface area contributed by atoms with E-state index in [0.29, 0.717) is 11.4 Å². The second kappa shape index (κ2) is 7.60. The molecule has 0 aliphatic rings. The fourth-order valence-corrected chi connectivity index (χ4v) is 1.61. The average molecular weight is 286 g/mol. The van der Waals surface area contributed by atoms with Gasteiger partial charge in [-0.15, -0.1) is 0 Å². The van der Waals surface area contributed by atoms with Crippen molar-refractivity contribution < 1.29 is 14.3 Å². The van der Waals surface area contributed by atoms with Crippen LogP contribution in [-0.2, 0) is 16.0 Å². The maximum absolute atomic E-state index is 11.1. The van der Waals surface area contributed by atoms with E-state index in [1.807, 2.05) is 18.2 Å². The van der Waals surface area contributed by atoms with E-state index in [1.54, 1.807) is 6.07 Å². The topological polar surface area (TPSA) is 107 Å². The molecular formula is C12H16ClN3O3. The Morgan fingerprint density at radius 3 is 2.68 bits per heavy atom. The molecule has 0 saturated heterocycles. The second-order valence-electron chi connectivity index (χ2n) is 3.97. The van der Waals surface area contributed by atoms with Crippen LogP contribution in [0.15, 0.2) is 24.3 Å². The number of alkyl carbamates (subject to hydrolysis) is 1. The van der Waals surface area contributed by atoms with Crippen molar-refractivity contribution >= 4 is 23.6 Å². The summed E-state index contributed by atoms with van der Waals surface area (Å²) in [7, 11) is 0. The highest BCUT2D eigenvalue weighted by molar-refractivity contribution is 6.31. The fourth-order valence-electron chi connectivity index (χ4n) is 1.40. The first-order valence-corrected chi connectivity index (χ1v) is 6.04. The molecular weight excluding hydrogens is 270 g/mol. The predicted octanol–water partition coefficient (Wildman–Crippen LogP) is 0.421. The minimum absolute atomic E-state index is 0.0236. The number of amides is 2. The molecule has 0 heterocycles. The maximum atomic E-state index is 11.1. The number of hydrogen-bond acceptors (Lipinski definition) is 4. The summed E-state index contributed by atoms with van der Waals surface area (Å²) in [6.07, 6.45) is -0.239. The monoisotopic (exact) mass is 285 g/mol. The van der Waals surface area contributed by atoms with Gasteiger partial charge in [0.05, 0.1) is 6.54 Å². The van der Waals surface area contributed by atoms with E-state index in [9.17, 15) is 9.59 Å². The van der Waals surface area contributed by atoms with Crippen LogP contribution in [0.2, 0.25) is 5.02 Å². The van der Waals surface area contributed by atoms with Gasteiger partial charge < -0.3 is 21.5 Å². The molecule has 1 aromatic carbocycles. The van der Waals surface area contributed by atoms with E-state index < -0.39 is 12.0 Å². The summed E-state index contributed by atoms with van der Waals surface area (Å²) >= 11 is 5.99. The quantitative estimate of drug-likeness (QED) is 0.704. The zero-order chi connectivity index (χ0) is 14.3. The van der Waals surface area contributed by atoms with Crippen molar-refractivity contribution in [3.05, 3.63) is 34.9 Å². The number of benzene rings is 1. The van der Waals surface area contributed by atoms with Crippen LogP contribution in [0, 0.1) is 0 Å². The van der Waals surface area contributed by atoms with Gasteiger partial charge in [-0.05, 0) is 18.1 Å². The summed E-state index contributed by atoms with van der Waals surface area (Å²) in [6, 6.07) is 6.93. The molecule has 19 heavy (non-hydrogen) atoms. The minimum atomic E-state index is -0.728. The summed E-state index contributed by atoms with van der Waals surface area (Å²) in [4.78, 5) is 21.6. The number of nitrogens with two attached hydrogens (primary N) is 2. The molecule has 6 nitrogen and oxygen atoms in total. The summed E-state index contributed by atoms with van der Waals surface area (Å²) in [6.45, 7) is -0.242. The van der Waals surface area contributed by atoms with E-state index in [4.69, 9.17) is 27.8 Å². The SMILES string of the molecule is NC(=O)CNC(=O)OCC(N)Cc1ccccc1Cl. The first kappa shape index (κ1) is 15.3. The number of halogens is 1. The van der Waals surface area contributed by atoms with Gasteiger partial charge in [-0.2, -0.15) is 0 Å².